The molecule has 1 saturated heterocycles. The second-order valence-electron chi connectivity index (χ2n) is 6.15. The van der Waals surface area contributed by atoms with Crippen molar-refractivity contribution in [2.75, 3.05) is 19.0 Å². The van der Waals surface area contributed by atoms with E-state index >= 15 is 0 Å². The molecular formula is C15H25BClNO2. The van der Waals surface area contributed by atoms with Crippen molar-refractivity contribution in [3.05, 3.63) is 24.3 Å². The van der Waals surface area contributed by atoms with Gasteiger partial charge in [0, 0.05) is 19.8 Å². The van der Waals surface area contributed by atoms with Crippen LogP contribution in [0.4, 0.5) is 5.69 Å². The fraction of sp³-hybridized carbons (Fsp3) is 0.600. The molecule has 1 aromatic rings. The molecule has 2 rings (SSSR count). The Kier molecular flexibility index (Phi) is 5.17. The zero-order chi connectivity index (χ0) is 14.3. The summed E-state index contributed by atoms with van der Waals surface area (Å²) in [5.41, 5.74) is 1.72. The van der Waals surface area contributed by atoms with E-state index in [-0.39, 0.29) is 30.7 Å². The number of benzene rings is 1. The predicted octanol–water partition coefficient (Wildman–Crippen LogP) is 2.86. The van der Waals surface area contributed by atoms with E-state index in [0.29, 0.717) is 0 Å². The summed E-state index contributed by atoms with van der Waals surface area (Å²) in [5, 5.41) is 0. The third-order valence-electron chi connectivity index (χ3n) is 4.38. The topological polar surface area (TPSA) is 21.7 Å². The molecule has 1 aromatic carbocycles. The number of halogens is 1. The zero-order valence-corrected chi connectivity index (χ0v) is 14.1. The minimum absolute atomic E-state index is 0. The van der Waals surface area contributed by atoms with Crippen molar-refractivity contribution >= 4 is 30.7 Å². The lowest BCUT2D eigenvalue weighted by molar-refractivity contribution is -0.0118. The van der Waals surface area contributed by atoms with E-state index < -0.39 is 0 Å². The number of anilines is 1. The molecule has 0 bridgehead atoms. The summed E-state index contributed by atoms with van der Waals surface area (Å²) in [4.78, 5) is 2.09. The van der Waals surface area contributed by atoms with Crippen LogP contribution in [-0.4, -0.2) is 32.4 Å². The molecule has 0 amide bonds. The molecule has 20 heavy (non-hydrogen) atoms. The van der Waals surface area contributed by atoms with E-state index in [9.17, 15) is 0 Å². The monoisotopic (exact) mass is 297 g/mol. The van der Waals surface area contributed by atoms with Gasteiger partial charge in [0.15, 0.2) is 0 Å². The first-order valence-corrected chi connectivity index (χ1v) is 6.92. The molecule has 112 valence electrons. The summed E-state index contributed by atoms with van der Waals surface area (Å²) in [6.07, 6.45) is 0.934. The van der Waals surface area contributed by atoms with Crippen molar-refractivity contribution < 1.29 is 9.31 Å². The van der Waals surface area contributed by atoms with Crippen LogP contribution < -0.4 is 10.4 Å². The van der Waals surface area contributed by atoms with Gasteiger partial charge in [-0.25, -0.2) is 0 Å². The summed E-state index contributed by atoms with van der Waals surface area (Å²) in [5.74, 6) is 0. The van der Waals surface area contributed by atoms with Gasteiger partial charge >= 0.3 is 7.12 Å². The van der Waals surface area contributed by atoms with E-state index in [1.807, 2.05) is 20.2 Å². The summed E-state index contributed by atoms with van der Waals surface area (Å²) in [7, 11) is 3.80. The molecule has 1 aliphatic rings. The molecule has 0 N–H and O–H groups in total. The molecule has 1 fully saturated rings. The molecule has 0 radical (unpaired) electrons. The third-order valence-corrected chi connectivity index (χ3v) is 4.38. The van der Waals surface area contributed by atoms with Gasteiger partial charge in [0.2, 0.25) is 0 Å². The highest BCUT2D eigenvalue weighted by Gasteiger charge is 2.53. The second-order valence-corrected chi connectivity index (χ2v) is 6.15. The molecule has 0 aromatic heterocycles. The molecule has 1 atom stereocenters. The second kappa shape index (κ2) is 5.96. The smallest absolute Gasteiger partial charge is 0.399 e. The highest BCUT2D eigenvalue weighted by atomic mass is 35.5. The Morgan fingerprint density at radius 2 is 1.80 bits per heavy atom. The van der Waals surface area contributed by atoms with Crippen molar-refractivity contribution in [2.24, 2.45) is 0 Å². The maximum atomic E-state index is 6.19. The normalized spacial score (nSPS) is 24.4. The van der Waals surface area contributed by atoms with Crippen molar-refractivity contribution in [2.45, 2.75) is 45.3 Å². The molecule has 1 aliphatic heterocycles. The van der Waals surface area contributed by atoms with Crippen LogP contribution in [0.25, 0.3) is 0 Å². The average Bonchev–Trinajstić information content (AvgIpc) is 2.61. The van der Waals surface area contributed by atoms with Gasteiger partial charge in [0.05, 0.1) is 11.2 Å². The van der Waals surface area contributed by atoms with Crippen molar-refractivity contribution in [3.63, 3.8) is 0 Å². The number of rotatable bonds is 3. The van der Waals surface area contributed by atoms with Gasteiger partial charge in [-0.15, -0.1) is 12.4 Å². The van der Waals surface area contributed by atoms with Gasteiger partial charge in [0.1, 0.15) is 0 Å². The Hall–Kier alpha value is -0.705. The first-order chi connectivity index (χ1) is 8.79. The van der Waals surface area contributed by atoms with Crippen LogP contribution in [0.1, 0.15) is 34.1 Å². The Bertz CT molecular complexity index is 467. The van der Waals surface area contributed by atoms with E-state index in [0.717, 1.165) is 17.6 Å². The van der Waals surface area contributed by atoms with Crippen molar-refractivity contribution in [1.82, 2.24) is 0 Å². The highest BCUT2D eigenvalue weighted by molar-refractivity contribution is 6.62. The maximum Gasteiger partial charge on any atom is 0.494 e. The minimum Gasteiger partial charge on any atom is -0.399 e. The Morgan fingerprint density at radius 1 is 1.15 bits per heavy atom. The number of hydrogen-bond acceptors (Lipinski definition) is 3. The molecule has 0 spiro atoms. The zero-order valence-electron chi connectivity index (χ0n) is 13.3. The molecule has 3 nitrogen and oxygen atoms in total. The molecule has 0 saturated carbocycles. The minimum atomic E-state index is -0.278. The van der Waals surface area contributed by atoms with E-state index in [4.69, 9.17) is 9.31 Å². The SMILES string of the molecule is CCC1(C)OB(c2cccc(N(C)C)c2)OC1(C)C.Cl. The number of nitrogens with zero attached hydrogens (tertiary/aromatic N) is 1. The third kappa shape index (κ3) is 2.97. The first kappa shape index (κ1) is 17.3. The highest BCUT2D eigenvalue weighted by Crippen LogP contribution is 2.39. The van der Waals surface area contributed by atoms with Crippen LogP contribution in [0.2, 0.25) is 0 Å². The Labute approximate surface area is 129 Å². The summed E-state index contributed by atoms with van der Waals surface area (Å²) >= 11 is 0. The van der Waals surface area contributed by atoms with Gasteiger partial charge < -0.3 is 14.2 Å². The van der Waals surface area contributed by atoms with Crippen LogP contribution in [0.15, 0.2) is 24.3 Å². The maximum absolute atomic E-state index is 6.19. The first-order valence-electron chi connectivity index (χ1n) is 6.92. The molecule has 5 heteroatoms. The van der Waals surface area contributed by atoms with Crippen LogP contribution in [0.5, 0.6) is 0 Å². The lowest BCUT2D eigenvalue weighted by Crippen LogP contribution is -2.44. The molecular weight excluding hydrogens is 272 g/mol. The van der Waals surface area contributed by atoms with Crippen LogP contribution >= 0.6 is 12.4 Å². The largest absolute Gasteiger partial charge is 0.494 e. The van der Waals surface area contributed by atoms with E-state index in [1.165, 1.54) is 0 Å². The lowest BCUT2D eigenvalue weighted by atomic mass is 9.79. The van der Waals surface area contributed by atoms with Gasteiger partial charge in [0.25, 0.3) is 0 Å². The average molecular weight is 298 g/mol. The Morgan fingerprint density at radius 3 is 2.30 bits per heavy atom. The Balaban J connectivity index is 0.00000200. The van der Waals surface area contributed by atoms with Crippen molar-refractivity contribution in [1.29, 1.82) is 0 Å². The molecule has 0 aliphatic carbocycles. The summed E-state index contributed by atoms with van der Waals surface area (Å²) in [6, 6.07) is 8.33. The summed E-state index contributed by atoms with van der Waals surface area (Å²) < 4.78 is 12.3. The van der Waals surface area contributed by atoms with Gasteiger partial charge in [-0.2, -0.15) is 0 Å². The fourth-order valence-corrected chi connectivity index (χ4v) is 2.39. The van der Waals surface area contributed by atoms with Crippen LogP contribution in [0, 0.1) is 0 Å². The van der Waals surface area contributed by atoms with Crippen LogP contribution in [-0.2, 0) is 9.31 Å². The van der Waals surface area contributed by atoms with Crippen LogP contribution in [0.3, 0.4) is 0 Å². The van der Waals surface area contributed by atoms with Gasteiger partial charge in [-0.1, -0.05) is 19.1 Å². The van der Waals surface area contributed by atoms with E-state index in [1.54, 1.807) is 0 Å². The molecule has 1 unspecified atom stereocenters. The fourth-order valence-electron chi connectivity index (χ4n) is 2.39. The quantitative estimate of drug-likeness (QED) is 0.801. The summed E-state index contributed by atoms with van der Waals surface area (Å²) in [6.45, 7) is 8.48. The van der Waals surface area contributed by atoms with Gasteiger partial charge in [-0.3, -0.25) is 0 Å². The lowest BCUT2D eigenvalue weighted by Gasteiger charge is -2.35. The standard InChI is InChI=1S/C15H24BNO2.ClH/c1-7-15(4)14(2,3)18-16(19-15)12-9-8-10-13(11-12)17(5)6;/h8-11H,7H2,1-6H3;1H. The van der Waals surface area contributed by atoms with E-state index in [2.05, 4.69) is 50.8 Å². The number of hydrogen-bond donors (Lipinski definition) is 0. The van der Waals surface area contributed by atoms with Crippen molar-refractivity contribution in [3.8, 4) is 0 Å². The van der Waals surface area contributed by atoms with Gasteiger partial charge in [-0.05, 0) is 44.8 Å². The predicted molar refractivity (Wildman–Crippen MR) is 88.4 cm³/mol. The molecule has 1 heterocycles.